The average Bonchev–Trinajstić information content (AvgIpc) is 2.25. The number of aryl methyl sites for hydroxylation is 1. The summed E-state index contributed by atoms with van der Waals surface area (Å²) in [4.78, 5) is 0. The van der Waals surface area contributed by atoms with Crippen LogP contribution in [0.15, 0.2) is 18.2 Å². The highest BCUT2D eigenvalue weighted by Crippen LogP contribution is 2.18. The molecule has 0 aliphatic rings. The van der Waals surface area contributed by atoms with Crippen molar-refractivity contribution in [2.75, 3.05) is 19.8 Å². The Balaban J connectivity index is 2.92. The summed E-state index contributed by atoms with van der Waals surface area (Å²) in [7, 11) is 1.58. The Kier molecular flexibility index (Phi) is 5.03. The van der Waals surface area contributed by atoms with Gasteiger partial charge in [0.05, 0.1) is 11.4 Å². The van der Waals surface area contributed by atoms with Gasteiger partial charge in [-0.2, -0.15) is 0 Å². The topological polar surface area (TPSA) is 18.5 Å². The number of halogens is 1. The highest BCUT2D eigenvalue weighted by atomic mass is 35.5. The summed E-state index contributed by atoms with van der Waals surface area (Å²) in [5.41, 5.74) is 1.98. The minimum absolute atomic E-state index is 0.221. The first-order valence-corrected chi connectivity index (χ1v) is 5.08. The van der Waals surface area contributed by atoms with Crippen molar-refractivity contribution in [3.05, 3.63) is 29.3 Å². The Morgan fingerprint density at radius 3 is 2.87 bits per heavy atom. The summed E-state index contributed by atoms with van der Waals surface area (Å²) in [6.07, 6.45) is 0. The number of methoxy groups -OCH3 is 1. The van der Waals surface area contributed by atoms with Crippen LogP contribution in [0, 0.1) is 18.8 Å². The molecule has 0 aliphatic heterocycles. The first-order chi connectivity index (χ1) is 7.27. The van der Waals surface area contributed by atoms with Crippen LogP contribution in [0.5, 0.6) is 5.75 Å². The van der Waals surface area contributed by atoms with Gasteiger partial charge < -0.3 is 9.47 Å². The summed E-state index contributed by atoms with van der Waals surface area (Å²) in [6, 6.07) is 5.81. The van der Waals surface area contributed by atoms with Gasteiger partial charge in [-0.3, -0.25) is 0 Å². The molecule has 1 aromatic rings. The Morgan fingerprint density at radius 1 is 1.40 bits per heavy atom. The summed E-state index contributed by atoms with van der Waals surface area (Å²) in [5, 5.41) is 0. The van der Waals surface area contributed by atoms with Gasteiger partial charge in [0.2, 0.25) is 0 Å². The lowest BCUT2D eigenvalue weighted by Crippen LogP contribution is -2.00. The van der Waals surface area contributed by atoms with Crippen LogP contribution in [-0.2, 0) is 4.74 Å². The predicted molar refractivity (Wildman–Crippen MR) is 61.3 cm³/mol. The first-order valence-electron chi connectivity index (χ1n) is 4.55. The van der Waals surface area contributed by atoms with Crippen molar-refractivity contribution < 1.29 is 9.47 Å². The van der Waals surface area contributed by atoms with Crippen LogP contribution in [-0.4, -0.2) is 19.8 Å². The number of hydrogen-bond donors (Lipinski definition) is 0. The summed E-state index contributed by atoms with van der Waals surface area (Å²) in [6.45, 7) is 2.23. The molecule has 0 spiro atoms. The quantitative estimate of drug-likeness (QED) is 0.446. The van der Waals surface area contributed by atoms with Crippen molar-refractivity contribution in [1.82, 2.24) is 0 Å². The molecule has 15 heavy (non-hydrogen) atoms. The van der Waals surface area contributed by atoms with Gasteiger partial charge in [0.25, 0.3) is 0 Å². The second-order valence-corrected chi connectivity index (χ2v) is 3.25. The molecule has 0 amide bonds. The molecule has 0 heterocycles. The summed E-state index contributed by atoms with van der Waals surface area (Å²) in [5.74, 6) is 6.79. The molecule has 1 rings (SSSR count). The third-order valence-electron chi connectivity index (χ3n) is 1.76. The average molecular weight is 225 g/mol. The smallest absolute Gasteiger partial charge is 0.188 e. The van der Waals surface area contributed by atoms with E-state index in [0.29, 0.717) is 5.88 Å². The monoisotopic (exact) mass is 224 g/mol. The van der Waals surface area contributed by atoms with Gasteiger partial charge in [-0.1, -0.05) is 17.9 Å². The Labute approximate surface area is 95.2 Å². The number of hydrogen-bond acceptors (Lipinski definition) is 2. The molecule has 1 aromatic carbocycles. The van der Waals surface area contributed by atoms with E-state index in [1.54, 1.807) is 7.11 Å². The molecule has 0 unspecified atom stereocenters. The third-order valence-corrected chi connectivity index (χ3v) is 1.89. The van der Waals surface area contributed by atoms with E-state index in [2.05, 4.69) is 11.8 Å². The van der Waals surface area contributed by atoms with Crippen molar-refractivity contribution in [3.63, 3.8) is 0 Å². The molecule has 0 saturated heterocycles. The zero-order valence-electron chi connectivity index (χ0n) is 8.84. The van der Waals surface area contributed by atoms with Crippen molar-refractivity contribution in [2.45, 2.75) is 6.92 Å². The maximum atomic E-state index is 5.51. The van der Waals surface area contributed by atoms with E-state index in [1.807, 2.05) is 25.1 Å². The number of alkyl halides is 1. The molecular formula is C12H13ClO2. The van der Waals surface area contributed by atoms with Crippen LogP contribution in [0.25, 0.3) is 0 Å². The molecule has 0 atom stereocenters. The van der Waals surface area contributed by atoms with Crippen LogP contribution in [0.1, 0.15) is 11.1 Å². The molecule has 0 radical (unpaired) electrons. The number of ether oxygens (including phenoxy) is 2. The fraction of sp³-hybridized carbons (Fsp3) is 0.333. The Bertz CT molecular complexity index is 377. The first kappa shape index (κ1) is 11.9. The Morgan fingerprint density at radius 2 is 2.20 bits per heavy atom. The molecule has 2 nitrogen and oxygen atoms in total. The van der Waals surface area contributed by atoms with Crippen molar-refractivity contribution in [2.24, 2.45) is 0 Å². The van der Waals surface area contributed by atoms with E-state index < -0.39 is 0 Å². The second kappa shape index (κ2) is 6.34. The van der Waals surface area contributed by atoms with E-state index in [0.717, 1.165) is 16.9 Å². The molecule has 80 valence electrons. The van der Waals surface area contributed by atoms with Crippen LogP contribution >= 0.6 is 11.6 Å². The van der Waals surface area contributed by atoms with Crippen LogP contribution in [0.2, 0.25) is 0 Å². The minimum atomic E-state index is 0.221. The summed E-state index contributed by atoms with van der Waals surface area (Å²) >= 11 is 5.51. The van der Waals surface area contributed by atoms with Crippen LogP contribution in [0.4, 0.5) is 0 Å². The second-order valence-electron chi connectivity index (χ2n) is 2.99. The molecule has 0 aliphatic carbocycles. The van der Waals surface area contributed by atoms with E-state index >= 15 is 0 Å². The van der Waals surface area contributed by atoms with E-state index in [1.165, 1.54) is 0 Å². The SMILES string of the molecule is COCOc1ccc(C)cc1C#CCCl. The lowest BCUT2D eigenvalue weighted by atomic mass is 10.1. The lowest BCUT2D eigenvalue weighted by Gasteiger charge is -2.07. The van der Waals surface area contributed by atoms with Gasteiger partial charge in [-0.25, -0.2) is 0 Å². The van der Waals surface area contributed by atoms with Gasteiger partial charge in [0.1, 0.15) is 5.75 Å². The fourth-order valence-corrected chi connectivity index (χ4v) is 1.19. The van der Waals surface area contributed by atoms with Crippen molar-refractivity contribution in [1.29, 1.82) is 0 Å². The standard InChI is InChI=1S/C12H13ClO2/c1-10-5-6-12(15-9-14-2)11(8-10)4-3-7-13/h5-6,8H,7,9H2,1-2H3. The molecular weight excluding hydrogens is 212 g/mol. The fourth-order valence-electron chi connectivity index (χ4n) is 1.12. The highest BCUT2D eigenvalue weighted by molar-refractivity contribution is 6.19. The molecule has 0 aromatic heterocycles. The normalized spacial score (nSPS) is 9.27. The van der Waals surface area contributed by atoms with Gasteiger partial charge in [0, 0.05) is 7.11 Å². The number of benzene rings is 1. The van der Waals surface area contributed by atoms with Gasteiger partial charge in [0.15, 0.2) is 6.79 Å². The zero-order chi connectivity index (χ0) is 11.1. The third kappa shape index (κ3) is 3.83. The lowest BCUT2D eigenvalue weighted by molar-refractivity contribution is 0.0509. The zero-order valence-corrected chi connectivity index (χ0v) is 9.60. The van der Waals surface area contributed by atoms with Gasteiger partial charge in [-0.05, 0) is 24.6 Å². The van der Waals surface area contributed by atoms with Crippen LogP contribution < -0.4 is 4.74 Å². The maximum absolute atomic E-state index is 5.51. The van der Waals surface area contributed by atoms with E-state index in [-0.39, 0.29) is 6.79 Å². The molecule has 0 saturated carbocycles. The molecule has 0 bridgehead atoms. The van der Waals surface area contributed by atoms with Gasteiger partial charge in [-0.15, -0.1) is 11.6 Å². The number of rotatable bonds is 3. The van der Waals surface area contributed by atoms with E-state index in [4.69, 9.17) is 21.1 Å². The molecule has 3 heteroatoms. The highest BCUT2D eigenvalue weighted by Gasteiger charge is 2.00. The predicted octanol–water partition coefficient (Wildman–Crippen LogP) is 2.57. The largest absolute Gasteiger partial charge is 0.466 e. The van der Waals surface area contributed by atoms with Crippen molar-refractivity contribution in [3.8, 4) is 17.6 Å². The van der Waals surface area contributed by atoms with Crippen molar-refractivity contribution >= 4 is 11.6 Å². The summed E-state index contributed by atoms with van der Waals surface area (Å²) < 4.78 is 10.2. The molecule has 0 N–H and O–H groups in total. The molecule has 0 fully saturated rings. The van der Waals surface area contributed by atoms with Gasteiger partial charge >= 0.3 is 0 Å². The minimum Gasteiger partial charge on any atom is -0.466 e. The van der Waals surface area contributed by atoms with Crippen LogP contribution in [0.3, 0.4) is 0 Å². The van der Waals surface area contributed by atoms with E-state index in [9.17, 15) is 0 Å². The maximum Gasteiger partial charge on any atom is 0.188 e. The Hall–Kier alpha value is -1.17.